The lowest BCUT2D eigenvalue weighted by Gasteiger charge is -2.13. The van der Waals surface area contributed by atoms with E-state index in [1.54, 1.807) is 0 Å². The zero-order valence-corrected chi connectivity index (χ0v) is 11.2. The molecule has 1 aromatic rings. The van der Waals surface area contributed by atoms with Crippen LogP contribution in [-0.4, -0.2) is 5.11 Å². The van der Waals surface area contributed by atoms with Gasteiger partial charge in [-0.05, 0) is 48.9 Å². The maximum absolute atomic E-state index is 10.00. The zero-order chi connectivity index (χ0) is 11.4. The van der Waals surface area contributed by atoms with Crippen molar-refractivity contribution in [3.8, 4) is 0 Å². The van der Waals surface area contributed by atoms with Gasteiger partial charge in [-0.25, -0.2) is 0 Å². The van der Waals surface area contributed by atoms with Gasteiger partial charge in [-0.15, -0.1) is 0 Å². The molecule has 1 aromatic carbocycles. The predicted octanol–water partition coefficient (Wildman–Crippen LogP) is 4.23. The van der Waals surface area contributed by atoms with Crippen LogP contribution in [0.2, 0.25) is 0 Å². The van der Waals surface area contributed by atoms with Crippen LogP contribution in [0.5, 0.6) is 0 Å². The number of rotatable bonds is 4. The number of hydrogen-bond donors (Lipinski definition) is 1. The van der Waals surface area contributed by atoms with E-state index >= 15 is 0 Å². The molecule has 0 aliphatic heterocycles. The Morgan fingerprint density at radius 2 is 1.87 bits per heavy atom. The summed E-state index contributed by atoms with van der Waals surface area (Å²) in [4.78, 5) is 0. The SMILES string of the molecule is Cc1cc(Br)cc(C(O)CCC(C)C)c1. The third-order valence-corrected chi connectivity index (χ3v) is 2.92. The second-order valence-corrected chi connectivity index (χ2v) is 5.46. The Morgan fingerprint density at radius 1 is 1.20 bits per heavy atom. The average molecular weight is 271 g/mol. The van der Waals surface area contributed by atoms with E-state index in [0.717, 1.165) is 22.9 Å². The van der Waals surface area contributed by atoms with E-state index in [9.17, 15) is 5.11 Å². The third kappa shape index (κ3) is 4.35. The molecule has 0 aliphatic carbocycles. The number of benzene rings is 1. The van der Waals surface area contributed by atoms with E-state index in [1.165, 1.54) is 5.56 Å². The van der Waals surface area contributed by atoms with Gasteiger partial charge < -0.3 is 5.11 Å². The molecule has 0 saturated carbocycles. The molecular formula is C13H19BrO. The van der Waals surface area contributed by atoms with Crippen molar-refractivity contribution < 1.29 is 5.11 Å². The molecule has 0 aromatic heterocycles. The molecule has 1 nitrogen and oxygen atoms in total. The van der Waals surface area contributed by atoms with Gasteiger partial charge in [0.25, 0.3) is 0 Å². The molecule has 1 atom stereocenters. The van der Waals surface area contributed by atoms with Crippen molar-refractivity contribution in [2.24, 2.45) is 5.92 Å². The van der Waals surface area contributed by atoms with E-state index in [0.29, 0.717) is 5.92 Å². The molecule has 0 radical (unpaired) electrons. The number of hydrogen-bond acceptors (Lipinski definition) is 1. The maximum Gasteiger partial charge on any atom is 0.0790 e. The summed E-state index contributed by atoms with van der Waals surface area (Å²) in [6, 6.07) is 6.10. The Morgan fingerprint density at radius 3 is 2.40 bits per heavy atom. The summed E-state index contributed by atoms with van der Waals surface area (Å²) in [6.07, 6.45) is 1.57. The Bertz CT molecular complexity index is 300. The normalized spacial score (nSPS) is 13.2. The molecule has 2 heteroatoms. The molecule has 0 amide bonds. The van der Waals surface area contributed by atoms with E-state index in [1.807, 2.05) is 13.0 Å². The summed E-state index contributed by atoms with van der Waals surface area (Å²) in [7, 11) is 0. The van der Waals surface area contributed by atoms with Crippen LogP contribution < -0.4 is 0 Å². The second-order valence-electron chi connectivity index (χ2n) is 4.55. The quantitative estimate of drug-likeness (QED) is 0.869. The van der Waals surface area contributed by atoms with E-state index in [4.69, 9.17) is 0 Å². The van der Waals surface area contributed by atoms with Gasteiger partial charge in [0.05, 0.1) is 6.10 Å². The Balaban J connectivity index is 2.68. The highest BCUT2D eigenvalue weighted by Gasteiger charge is 2.09. The molecule has 15 heavy (non-hydrogen) atoms. The fraction of sp³-hybridized carbons (Fsp3) is 0.538. The molecule has 1 unspecified atom stereocenters. The van der Waals surface area contributed by atoms with Crippen molar-refractivity contribution in [3.63, 3.8) is 0 Å². The van der Waals surface area contributed by atoms with Crippen molar-refractivity contribution in [1.29, 1.82) is 0 Å². The second kappa shape index (κ2) is 5.66. The van der Waals surface area contributed by atoms with Crippen LogP contribution in [0.3, 0.4) is 0 Å². The summed E-state index contributed by atoms with van der Waals surface area (Å²) in [6.45, 7) is 6.40. The third-order valence-electron chi connectivity index (χ3n) is 2.47. The summed E-state index contributed by atoms with van der Waals surface area (Å²) < 4.78 is 1.04. The largest absolute Gasteiger partial charge is 0.388 e. The maximum atomic E-state index is 10.00. The first-order chi connectivity index (χ1) is 6.99. The van der Waals surface area contributed by atoms with Crippen LogP contribution in [0.25, 0.3) is 0 Å². The molecule has 1 rings (SSSR count). The van der Waals surface area contributed by atoms with E-state index in [-0.39, 0.29) is 6.10 Å². The summed E-state index contributed by atoms with van der Waals surface area (Å²) in [5, 5.41) is 10.00. The average Bonchev–Trinajstić information content (AvgIpc) is 2.12. The Kier molecular flexibility index (Phi) is 4.81. The standard InChI is InChI=1S/C13H19BrO/c1-9(2)4-5-13(15)11-6-10(3)7-12(14)8-11/h6-9,13,15H,4-5H2,1-3H3. The minimum absolute atomic E-state index is 0.330. The van der Waals surface area contributed by atoms with Crippen LogP contribution in [-0.2, 0) is 0 Å². The smallest absolute Gasteiger partial charge is 0.0790 e. The van der Waals surface area contributed by atoms with Crippen molar-refractivity contribution in [3.05, 3.63) is 33.8 Å². The van der Waals surface area contributed by atoms with Crippen molar-refractivity contribution in [1.82, 2.24) is 0 Å². The first kappa shape index (κ1) is 12.7. The molecule has 0 heterocycles. The monoisotopic (exact) mass is 270 g/mol. The van der Waals surface area contributed by atoms with Crippen LogP contribution >= 0.6 is 15.9 Å². The minimum atomic E-state index is -0.330. The number of aliphatic hydroxyl groups is 1. The summed E-state index contributed by atoms with van der Waals surface area (Å²) in [5.74, 6) is 0.646. The zero-order valence-electron chi connectivity index (χ0n) is 9.63. The van der Waals surface area contributed by atoms with Gasteiger partial charge in [0, 0.05) is 4.47 Å². The fourth-order valence-electron chi connectivity index (χ4n) is 1.61. The number of aryl methyl sites for hydroxylation is 1. The van der Waals surface area contributed by atoms with Gasteiger partial charge in [0.15, 0.2) is 0 Å². The molecule has 0 bridgehead atoms. The van der Waals surface area contributed by atoms with Crippen LogP contribution in [0.1, 0.15) is 43.9 Å². The number of aliphatic hydroxyl groups excluding tert-OH is 1. The molecule has 1 N–H and O–H groups in total. The topological polar surface area (TPSA) is 20.2 Å². The predicted molar refractivity (Wildman–Crippen MR) is 67.9 cm³/mol. The van der Waals surface area contributed by atoms with Crippen LogP contribution in [0, 0.1) is 12.8 Å². The summed E-state index contributed by atoms with van der Waals surface area (Å²) in [5.41, 5.74) is 2.20. The van der Waals surface area contributed by atoms with Gasteiger partial charge in [-0.1, -0.05) is 35.8 Å². The Labute approximate surface area is 101 Å². The first-order valence-electron chi connectivity index (χ1n) is 5.44. The van der Waals surface area contributed by atoms with Crippen molar-refractivity contribution >= 4 is 15.9 Å². The fourth-order valence-corrected chi connectivity index (χ4v) is 2.24. The summed E-state index contributed by atoms with van der Waals surface area (Å²) >= 11 is 3.45. The number of halogens is 1. The van der Waals surface area contributed by atoms with Crippen LogP contribution in [0.4, 0.5) is 0 Å². The highest BCUT2D eigenvalue weighted by atomic mass is 79.9. The van der Waals surface area contributed by atoms with E-state index < -0.39 is 0 Å². The molecule has 0 saturated heterocycles. The molecule has 0 aliphatic rings. The van der Waals surface area contributed by atoms with Gasteiger partial charge in [0.2, 0.25) is 0 Å². The van der Waals surface area contributed by atoms with Gasteiger partial charge >= 0.3 is 0 Å². The minimum Gasteiger partial charge on any atom is -0.388 e. The van der Waals surface area contributed by atoms with Crippen LogP contribution in [0.15, 0.2) is 22.7 Å². The van der Waals surface area contributed by atoms with Crippen molar-refractivity contribution in [2.45, 2.75) is 39.7 Å². The lowest BCUT2D eigenvalue weighted by atomic mass is 9.99. The molecular weight excluding hydrogens is 252 g/mol. The Hall–Kier alpha value is -0.340. The lowest BCUT2D eigenvalue weighted by Crippen LogP contribution is -2.00. The first-order valence-corrected chi connectivity index (χ1v) is 6.23. The molecule has 84 valence electrons. The van der Waals surface area contributed by atoms with E-state index in [2.05, 4.69) is 41.9 Å². The molecule has 0 fully saturated rings. The van der Waals surface area contributed by atoms with Gasteiger partial charge in [-0.3, -0.25) is 0 Å². The van der Waals surface area contributed by atoms with Crippen molar-refractivity contribution in [2.75, 3.05) is 0 Å². The van der Waals surface area contributed by atoms with Gasteiger partial charge in [0.1, 0.15) is 0 Å². The lowest BCUT2D eigenvalue weighted by molar-refractivity contribution is 0.159. The molecule has 0 spiro atoms. The van der Waals surface area contributed by atoms with Gasteiger partial charge in [-0.2, -0.15) is 0 Å². The highest BCUT2D eigenvalue weighted by molar-refractivity contribution is 9.10. The highest BCUT2D eigenvalue weighted by Crippen LogP contribution is 2.24.